The summed E-state index contributed by atoms with van der Waals surface area (Å²) < 4.78 is 35.9. The average molecular weight is 722 g/mol. The quantitative estimate of drug-likeness (QED) is 0.123. The number of para-hydroxylation sites is 1. The molecular weight excluding hydrogens is 679 g/mol. The van der Waals surface area contributed by atoms with Crippen LogP contribution in [-0.4, -0.2) is 85.3 Å². The van der Waals surface area contributed by atoms with E-state index in [9.17, 15) is 18.0 Å². The number of nitrogens with one attached hydrogen (secondary N) is 1. The highest BCUT2D eigenvalue weighted by atomic mass is 35.5. The van der Waals surface area contributed by atoms with Gasteiger partial charge in [-0.25, -0.2) is 13.4 Å². The first-order valence-electron chi connectivity index (χ1n) is 15.4. The van der Waals surface area contributed by atoms with Crippen LogP contribution in [0, 0.1) is 13.8 Å². The number of pyridine rings is 1. The summed E-state index contributed by atoms with van der Waals surface area (Å²) in [5, 5.41) is 1.02. The topological polar surface area (TPSA) is 199 Å². The number of sulfonamides is 1. The minimum Gasteiger partial charge on any atom is -0.487 e. The number of piperazine rings is 1. The van der Waals surface area contributed by atoms with Crippen LogP contribution in [-0.2, 0) is 26.2 Å². The number of carbonyl (C=O) groups excluding carboxylic acids is 2. The smallest absolute Gasteiger partial charge is 0.243 e. The number of nitrogens with zero attached hydrogens (tertiary/aromatic N) is 4. The van der Waals surface area contributed by atoms with Crippen molar-refractivity contribution in [2.45, 2.75) is 63.6 Å². The molecule has 13 nitrogen and oxygen atoms in total. The van der Waals surface area contributed by atoms with Crippen LogP contribution in [0.5, 0.6) is 5.75 Å². The maximum absolute atomic E-state index is 13.7. The number of halogens is 2. The largest absolute Gasteiger partial charge is 0.487 e. The van der Waals surface area contributed by atoms with Crippen molar-refractivity contribution in [2.24, 2.45) is 22.2 Å². The molecule has 3 aromatic rings. The second-order valence-electron chi connectivity index (χ2n) is 12.3. The second kappa shape index (κ2) is 15.2. The maximum atomic E-state index is 13.7. The van der Waals surface area contributed by atoms with Gasteiger partial charge in [-0.15, -0.1) is 0 Å². The molecule has 1 aliphatic rings. The third kappa shape index (κ3) is 8.66. The van der Waals surface area contributed by atoms with Gasteiger partial charge in [0, 0.05) is 54.4 Å². The van der Waals surface area contributed by atoms with Gasteiger partial charge in [0.05, 0.1) is 11.1 Å². The van der Waals surface area contributed by atoms with Crippen LogP contribution in [0.25, 0.3) is 10.9 Å². The van der Waals surface area contributed by atoms with Crippen molar-refractivity contribution >= 4 is 61.9 Å². The van der Waals surface area contributed by atoms with E-state index >= 15 is 0 Å². The molecule has 1 aliphatic heterocycles. The molecule has 0 unspecified atom stereocenters. The fourth-order valence-electron chi connectivity index (χ4n) is 5.58. The lowest BCUT2D eigenvalue weighted by Crippen LogP contribution is -2.61. The van der Waals surface area contributed by atoms with Gasteiger partial charge in [-0.05, 0) is 70.4 Å². The zero-order chi connectivity index (χ0) is 35.4. The van der Waals surface area contributed by atoms with Crippen LogP contribution in [0.3, 0.4) is 0 Å². The van der Waals surface area contributed by atoms with E-state index < -0.39 is 27.5 Å². The Morgan fingerprint density at radius 1 is 1.08 bits per heavy atom. The molecule has 1 saturated heterocycles. The Labute approximate surface area is 290 Å². The molecular formula is C32H42Cl2N8O5S. The Hall–Kier alpha value is -3.69. The fourth-order valence-corrected chi connectivity index (χ4v) is 7.83. The second-order valence-corrected chi connectivity index (χ2v) is 14.7. The van der Waals surface area contributed by atoms with E-state index in [0.717, 1.165) is 16.6 Å². The zero-order valence-corrected chi connectivity index (χ0v) is 29.8. The highest BCUT2D eigenvalue weighted by Crippen LogP contribution is 2.34. The molecule has 1 atom stereocenters. The number of hydrogen-bond acceptors (Lipinski definition) is 8. The van der Waals surface area contributed by atoms with E-state index in [1.807, 2.05) is 32.0 Å². The van der Waals surface area contributed by atoms with E-state index in [1.54, 1.807) is 11.0 Å². The number of guanidine groups is 1. The average Bonchev–Trinajstić information content (AvgIpc) is 3.01. The molecule has 1 fully saturated rings. The van der Waals surface area contributed by atoms with Crippen LogP contribution in [0.15, 0.2) is 46.3 Å². The van der Waals surface area contributed by atoms with Gasteiger partial charge in [0.15, 0.2) is 5.96 Å². The standard InChI is InChI=1S/C32H42Cl2N8O5S/c1-19-17-20(2)39-28-21(19)7-5-9-25(28)47-18-22-23(33)10-11-26(27(22)34)48(45,46)40-32(3,4)30(44)42-15-13-41(14-16-42)29(43)24(35)8-6-12-38-31(36)37/h5,7,9-11,17,24,40H,6,8,12-16,18,35H2,1-4H3,(H4,36,37,38)/t24-/m1/s1. The molecule has 0 spiro atoms. The number of amides is 2. The van der Waals surface area contributed by atoms with E-state index in [2.05, 4.69) is 14.7 Å². The number of aryl methyl sites for hydroxylation is 2. The molecule has 0 aliphatic carbocycles. The first-order valence-corrected chi connectivity index (χ1v) is 17.7. The summed E-state index contributed by atoms with van der Waals surface area (Å²) in [4.78, 5) is 37.7. The molecule has 0 saturated carbocycles. The molecule has 0 bridgehead atoms. The molecule has 48 heavy (non-hydrogen) atoms. The number of ether oxygens (including phenoxy) is 1. The molecule has 1 aromatic heterocycles. The normalized spacial score (nSPS) is 14.6. The van der Waals surface area contributed by atoms with E-state index in [-0.39, 0.29) is 65.2 Å². The van der Waals surface area contributed by atoms with Crippen molar-refractivity contribution in [1.29, 1.82) is 0 Å². The van der Waals surface area contributed by atoms with Crippen LogP contribution < -0.4 is 26.7 Å². The first-order chi connectivity index (χ1) is 22.5. The minimum atomic E-state index is -4.31. The van der Waals surface area contributed by atoms with Crippen LogP contribution >= 0.6 is 23.2 Å². The molecule has 2 amide bonds. The lowest BCUT2D eigenvalue weighted by atomic mass is 10.0. The Balaban J connectivity index is 1.42. The number of carbonyl (C=O) groups is 2. The highest BCUT2D eigenvalue weighted by Gasteiger charge is 2.39. The van der Waals surface area contributed by atoms with Gasteiger partial charge in [0.1, 0.15) is 28.3 Å². The van der Waals surface area contributed by atoms with Crippen molar-refractivity contribution in [2.75, 3.05) is 32.7 Å². The number of hydrogen-bond donors (Lipinski definition) is 4. The van der Waals surface area contributed by atoms with Crippen LogP contribution in [0.4, 0.5) is 0 Å². The Morgan fingerprint density at radius 3 is 2.42 bits per heavy atom. The number of rotatable bonds is 12. The number of benzene rings is 2. The lowest BCUT2D eigenvalue weighted by Gasteiger charge is -2.39. The summed E-state index contributed by atoms with van der Waals surface area (Å²) in [7, 11) is -4.31. The Kier molecular flexibility index (Phi) is 11.8. The van der Waals surface area contributed by atoms with Crippen molar-refractivity contribution in [3.63, 3.8) is 0 Å². The lowest BCUT2D eigenvalue weighted by molar-refractivity contribution is -0.143. The molecule has 260 valence electrons. The van der Waals surface area contributed by atoms with Gasteiger partial charge in [0.25, 0.3) is 0 Å². The molecule has 16 heteroatoms. The van der Waals surface area contributed by atoms with Gasteiger partial charge < -0.3 is 31.7 Å². The molecule has 7 N–H and O–H groups in total. The molecule has 2 heterocycles. The van der Waals surface area contributed by atoms with Crippen LogP contribution in [0.1, 0.15) is 43.5 Å². The molecule has 0 radical (unpaired) electrons. The minimum absolute atomic E-state index is 0.0210. The fraction of sp³-hybridized carbons (Fsp3) is 0.438. The monoisotopic (exact) mass is 720 g/mol. The van der Waals surface area contributed by atoms with Crippen molar-refractivity contribution in [3.8, 4) is 5.75 Å². The van der Waals surface area contributed by atoms with E-state index in [0.29, 0.717) is 30.7 Å². The molecule has 2 aromatic carbocycles. The SMILES string of the molecule is Cc1cc(C)c2cccc(OCc3c(Cl)ccc(S(=O)(=O)NC(C)(C)C(=O)N4CCN(C(=O)[C@H](N)CCCN=C(N)N)CC4)c3Cl)c2n1. The Bertz CT molecular complexity index is 1820. The van der Waals surface area contributed by atoms with Crippen molar-refractivity contribution in [3.05, 3.63) is 63.3 Å². The molecule has 4 rings (SSSR count). The van der Waals surface area contributed by atoms with Crippen LogP contribution in [0.2, 0.25) is 10.0 Å². The number of nitrogens with two attached hydrogens (primary N) is 3. The summed E-state index contributed by atoms with van der Waals surface area (Å²) in [5.74, 6) is -0.211. The van der Waals surface area contributed by atoms with Gasteiger partial charge >= 0.3 is 0 Å². The third-order valence-corrected chi connectivity index (χ3v) is 10.6. The highest BCUT2D eigenvalue weighted by molar-refractivity contribution is 7.89. The zero-order valence-electron chi connectivity index (χ0n) is 27.4. The van der Waals surface area contributed by atoms with Gasteiger partial charge in [0.2, 0.25) is 21.8 Å². The third-order valence-electron chi connectivity index (χ3n) is 8.04. The number of fused-ring (bicyclic) bond motifs is 1. The summed E-state index contributed by atoms with van der Waals surface area (Å²) in [6, 6.07) is 9.53. The Morgan fingerprint density at radius 2 is 1.75 bits per heavy atom. The number of aromatic nitrogens is 1. The maximum Gasteiger partial charge on any atom is 0.243 e. The van der Waals surface area contributed by atoms with E-state index in [4.69, 9.17) is 45.1 Å². The number of aliphatic imine (C=N–C) groups is 1. The summed E-state index contributed by atoms with van der Waals surface area (Å²) in [5.41, 5.74) is 18.0. The predicted molar refractivity (Wildman–Crippen MR) is 187 cm³/mol. The van der Waals surface area contributed by atoms with Crippen molar-refractivity contribution < 1.29 is 22.7 Å². The van der Waals surface area contributed by atoms with Gasteiger partial charge in [-0.3, -0.25) is 14.6 Å². The van der Waals surface area contributed by atoms with Crippen molar-refractivity contribution in [1.82, 2.24) is 19.5 Å². The predicted octanol–water partition coefficient (Wildman–Crippen LogP) is 2.85. The van der Waals surface area contributed by atoms with Gasteiger partial charge in [-0.2, -0.15) is 4.72 Å². The summed E-state index contributed by atoms with van der Waals surface area (Å²) >= 11 is 13.1. The van der Waals surface area contributed by atoms with Gasteiger partial charge in [-0.1, -0.05) is 35.3 Å². The summed E-state index contributed by atoms with van der Waals surface area (Å²) in [6.07, 6.45) is 0.954. The van der Waals surface area contributed by atoms with E-state index in [1.165, 1.54) is 30.9 Å². The summed E-state index contributed by atoms with van der Waals surface area (Å²) in [6.45, 7) is 8.01. The first kappa shape index (κ1) is 37.1.